The molecule has 142 valence electrons. The number of nitrogens with one attached hydrogen (secondary N) is 1. The lowest BCUT2D eigenvalue weighted by Gasteiger charge is -2.06. The number of nitrogens with zero attached hydrogens (tertiary/aromatic N) is 4. The van der Waals surface area contributed by atoms with Crippen molar-refractivity contribution in [1.29, 1.82) is 0 Å². The summed E-state index contributed by atoms with van der Waals surface area (Å²) in [4.78, 5) is 24.1. The van der Waals surface area contributed by atoms with Crippen LogP contribution < -0.4 is 5.32 Å². The fourth-order valence-electron chi connectivity index (χ4n) is 3.02. The van der Waals surface area contributed by atoms with Gasteiger partial charge >= 0.3 is 6.03 Å². The Hall–Kier alpha value is -2.44. The molecule has 2 aromatic rings. The lowest BCUT2D eigenvalue weighted by Crippen LogP contribution is -2.30. The fourth-order valence-corrected chi connectivity index (χ4v) is 3.02. The van der Waals surface area contributed by atoms with Crippen LogP contribution in [-0.4, -0.2) is 38.0 Å². The summed E-state index contributed by atoms with van der Waals surface area (Å²) in [5, 5.41) is 11.3. The number of carbonyl (C=O) groups is 2. The summed E-state index contributed by atoms with van der Waals surface area (Å²) >= 11 is 0. The number of carbonyl (C=O) groups excluding carboxylic acids is 2. The van der Waals surface area contributed by atoms with Crippen molar-refractivity contribution in [3.63, 3.8) is 0 Å². The first-order valence-corrected chi connectivity index (χ1v) is 9.26. The van der Waals surface area contributed by atoms with Gasteiger partial charge in [-0.15, -0.1) is 0 Å². The predicted molar refractivity (Wildman–Crippen MR) is 101 cm³/mol. The molecule has 0 aliphatic carbocycles. The number of unbranched alkanes of at least 4 members (excludes halogenated alkanes) is 4. The van der Waals surface area contributed by atoms with Gasteiger partial charge in [0.25, 0.3) is 0 Å². The maximum absolute atomic E-state index is 12.1. The molecule has 1 N–H and O–H groups in total. The van der Waals surface area contributed by atoms with E-state index in [4.69, 9.17) is 0 Å². The second kappa shape index (κ2) is 9.31. The van der Waals surface area contributed by atoms with Gasteiger partial charge in [0.15, 0.2) is 0 Å². The van der Waals surface area contributed by atoms with Crippen molar-refractivity contribution in [1.82, 2.24) is 24.9 Å². The minimum absolute atomic E-state index is 0.0627. The van der Waals surface area contributed by atoms with Crippen molar-refractivity contribution >= 4 is 11.9 Å². The summed E-state index contributed by atoms with van der Waals surface area (Å²) in [6, 6.07) is 3.62. The third-order valence-corrected chi connectivity index (χ3v) is 4.29. The van der Waals surface area contributed by atoms with E-state index in [1.807, 2.05) is 39.8 Å². The van der Waals surface area contributed by atoms with E-state index in [1.54, 1.807) is 0 Å². The maximum Gasteiger partial charge on any atom is 0.342 e. The molecule has 2 heterocycles. The third-order valence-electron chi connectivity index (χ3n) is 4.29. The molecule has 7 heteroatoms. The molecule has 0 fully saturated rings. The predicted octanol–water partition coefficient (Wildman–Crippen LogP) is 3.55. The summed E-state index contributed by atoms with van der Waals surface area (Å²) in [6.45, 7) is 8.17. The highest BCUT2D eigenvalue weighted by molar-refractivity contribution is 5.78. The second-order valence-electron chi connectivity index (χ2n) is 6.82. The number of amides is 1. The monoisotopic (exact) mass is 359 g/mol. The van der Waals surface area contributed by atoms with Gasteiger partial charge in [-0.05, 0) is 52.7 Å². The van der Waals surface area contributed by atoms with E-state index < -0.39 is 0 Å². The van der Waals surface area contributed by atoms with E-state index in [2.05, 4.69) is 15.5 Å². The number of rotatable bonds is 8. The average Bonchev–Trinajstić information content (AvgIpc) is 3.10. The van der Waals surface area contributed by atoms with Crippen molar-refractivity contribution in [3.8, 4) is 0 Å². The molecule has 2 aromatic heterocycles. The number of hydrogen-bond acceptors (Lipinski definition) is 4. The van der Waals surface area contributed by atoms with Gasteiger partial charge in [-0.3, -0.25) is 4.79 Å². The zero-order valence-corrected chi connectivity index (χ0v) is 16.2. The standard InChI is InChI=1S/C19H29N5O2/c1-14-12-16(3)23(21-14)18(25)10-8-6-5-7-9-11-20-19(26)24-17(4)13-15(2)22-24/h12-13H,5-11H2,1-4H3,(H,20,26). The van der Waals surface area contributed by atoms with E-state index in [-0.39, 0.29) is 11.9 Å². The number of aromatic nitrogens is 4. The Balaban J connectivity index is 1.54. The fraction of sp³-hybridized carbons (Fsp3) is 0.579. The number of aryl methyl sites for hydroxylation is 4. The van der Waals surface area contributed by atoms with Crippen LogP contribution in [0.15, 0.2) is 12.1 Å². The van der Waals surface area contributed by atoms with Gasteiger partial charge in [0.05, 0.1) is 11.4 Å². The van der Waals surface area contributed by atoms with Crippen molar-refractivity contribution in [2.75, 3.05) is 6.54 Å². The van der Waals surface area contributed by atoms with E-state index >= 15 is 0 Å². The van der Waals surface area contributed by atoms with Crippen LogP contribution in [0.3, 0.4) is 0 Å². The Morgan fingerprint density at radius 3 is 1.96 bits per heavy atom. The van der Waals surface area contributed by atoms with Crippen LogP contribution in [-0.2, 0) is 0 Å². The zero-order valence-electron chi connectivity index (χ0n) is 16.2. The highest BCUT2D eigenvalue weighted by Crippen LogP contribution is 2.09. The Bertz CT molecular complexity index is 696. The molecule has 2 rings (SSSR count). The van der Waals surface area contributed by atoms with Gasteiger partial charge in [-0.1, -0.05) is 19.3 Å². The first-order chi connectivity index (χ1) is 12.4. The first-order valence-electron chi connectivity index (χ1n) is 9.26. The van der Waals surface area contributed by atoms with Crippen LogP contribution in [0.25, 0.3) is 0 Å². The van der Waals surface area contributed by atoms with Gasteiger partial charge in [0.2, 0.25) is 5.91 Å². The van der Waals surface area contributed by atoms with Gasteiger partial charge in [-0.2, -0.15) is 14.9 Å². The molecule has 0 atom stereocenters. The minimum Gasteiger partial charge on any atom is -0.336 e. The molecule has 0 aliphatic rings. The van der Waals surface area contributed by atoms with Gasteiger partial charge in [-0.25, -0.2) is 9.48 Å². The van der Waals surface area contributed by atoms with Crippen LogP contribution >= 0.6 is 0 Å². The van der Waals surface area contributed by atoms with Crippen molar-refractivity contribution < 1.29 is 9.59 Å². The smallest absolute Gasteiger partial charge is 0.336 e. The Morgan fingerprint density at radius 1 is 0.846 bits per heavy atom. The molecule has 0 radical (unpaired) electrons. The summed E-state index contributed by atoms with van der Waals surface area (Å²) in [5.41, 5.74) is 3.45. The Morgan fingerprint density at radius 2 is 1.38 bits per heavy atom. The van der Waals surface area contributed by atoms with E-state index in [0.29, 0.717) is 13.0 Å². The molecule has 0 aliphatic heterocycles. The van der Waals surface area contributed by atoms with E-state index in [9.17, 15) is 9.59 Å². The summed E-state index contributed by atoms with van der Waals surface area (Å²) in [7, 11) is 0. The highest BCUT2D eigenvalue weighted by Gasteiger charge is 2.10. The molecule has 0 saturated carbocycles. The lowest BCUT2D eigenvalue weighted by atomic mass is 10.1. The largest absolute Gasteiger partial charge is 0.342 e. The molecule has 0 aromatic carbocycles. The molecular weight excluding hydrogens is 330 g/mol. The normalized spacial score (nSPS) is 10.9. The summed E-state index contributed by atoms with van der Waals surface area (Å²) in [5.74, 6) is 0.0627. The maximum atomic E-state index is 12.1. The third kappa shape index (κ3) is 5.54. The molecule has 26 heavy (non-hydrogen) atoms. The van der Waals surface area contributed by atoms with Crippen molar-refractivity contribution in [2.45, 2.75) is 66.2 Å². The van der Waals surface area contributed by atoms with Crippen LogP contribution in [0.1, 0.15) is 66.1 Å². The lowest BCUT2D eigenvalue weighted by molar-refractivity contribution is 0.0880. The van der Waals surface area contributed by atoms with E-state index in [1.165, 1.54) is 9.36 Å². The summed E-state index contributed by atoms with van der Waals surface area (Å²) in [6.07, 6.45) is 5.42. The van der Waals surface area contributed by atoms with Gasteiger partial charge in [0, 0.05) is 24.4 Å². The molecule has 0 unspecified atom stereocenters. The molecule has 0 spiro atoms. The minimum atomic E-state index is -0.175. The zero-order chi connectivity index (χ0) is 19.1. The van der Waals surface area contributed by atoms with Gasteiger partial charge < -0.3 is 5.32 Å². The van der Waals surface area contributed by atoms with Crippen molar-refractivity contribution in [2.24, 2.45) is 0 Å². The van der Waals surface area contributed by atoms with Crippen LogP contribution in [0, 0.1) is 27.7 Å². The molecule has 0 bridgehead atoms. The van der Waals surface area contributed by atoms with E-state index in [0.717, 1.165) is 54.9 Å². The second-order valence-corrected chi connectivity index (χ2v) is 6.82. The summed E-state index contributed by atoms with van der Waals surface area (Å²) < 4.78 is 2.91. The van der Waals surface area contributed by atoms with Crippen molar-refractivity contribution in [3.05, 3.63) is 34.9 Å². The molecule has 0 saturated heterocycles. The van der Waals surface area contributed by atoms with Crippen LogP contribution in [0.5, 0.6) is 0 Å². The highest BCUT2D eigenvalue weighted by atomic mass is 16.2. The molecule has 7 nitrogen and oxygen atoms in total. The van der Waals surface area contributed by atoms with Crippen LogP contribution in [0.4, 0.5) is 4.79 Å². The quantitative estimate of drug-likeness (QED) is 0.731. The first kappa shape index (κ1) is 19.9. The molecule has 1 amide bonds. The Kier molecular flexibility index (Phi) is 7.12. The SMILES string of the molecule is Cc1cc(C)n(C(=O)CCCCCCCNC(=O)n2nc(C)cc2C)n1. The van der Waals surface area contributed by atoms with Gasteiger partial charge in [0.1, 0.15) is 0 Å². The Labute approximate surface area is 154 Å². The average molecular weight is 359 g/mol. The topological polar surface area (TPSA) is 81.8 Å². The molecular formula is C19H29N5O2. The van der Waals surface area contributed by atoms with Crippen LogP contribution in [0.2, 0.25) is 0 Å². The number of hydrogen-bond donors (Lipinski definition) is 1.